The minimum absolute atomic E-state index is 0.0396. The summed E-state index contributed by atoms with van der Waals surface area (Å²) in [6.45, 7) is 6.09. The molecule has 1 aliphatic heterocycles. The van der Waals surface area contributed by atoms with Crippen LogP contribution in [-0.4, -0.2) is 34.0 Å². The van der Waals surface area contributed by atoms with Crippen LogP contribution in [0.5, 0.6) is 5.75 Å². The summed E-state index contributed by atoms with van der Waals surface area (Å²) in [6.07, 6.45) is 0.167. The lowest BCUT2D eigenvalue weighted by Gasteiger charge is -2.34. The SMILES string of the molecule is CCCNS(=O)(=O)c1ccc2c(c1)N(C)C(=O)C(C(C)C)O2. The van der Waals surface area contributed by atoms with Gasteiger partial charge in [-0.2, -0.15) is 0 Å². The molecule has 1 aromatic rings. The summed E-state index contributed by atoms with van der Waals surface area (Å²) >= 11 is 0. The van der Waals surface area contributed by atoms with Gasteiger partial charge in [-0.25, -0.2) is 13.1 Å². The number of hydrogen-bond donors (Lipinski definition) is 1. The Balaban J connectivity index is 2.39. The van der Waals surface area contributed by atoms with E-state index in [1.807, 2.05) is 20.8 Å². The minimum Gasteiger partial charge on any atom is -0.478 e. The number of likely N-dealkylation sites (N-methyl/N-ethyl adjacent to an activating group) is 1. The molecule has 1 heterocycles. The molecule has 122 valence electrons. The molecule has 1 amide bonds. The van der Waals surface area contributed by atoms with Gasteiger partial charge in [0.2, 0.25) is 10.0 Å². The molecule has 1 aliphatic rings. The number of anilines is 1. The van der Waals surface area contributed by atoms with Crippen molar-refractivity contribution in [2.75, 3.05) is 18.5 Å². The molecule has 0 aromatic heterocycles. The number of benzene rings is 1. The Kier molecular flexibility index (Phi) is 4.77. The highest BCUT2D eigenvalue weighted by Crippen LogP contribution is 2.36. The van der Waals surface area contributed by atoms with E-state index >= 15 is 0 Å². The molecule has 0 saturated heterocycles. The summed E-state index contributed by atoms with van der Waals surface area (Å²) in [7, 11) is -1.94. The molecule has 0 radical (unpaired) electrons. The smallest absolute Gasteiger partial charge is 0.268 e. The van der Waals surface area contributed by atoms with E-state index in [-0.39, 0.29) is 16.7 Å². The predicted octanol–water partition coefficient (Wildman–Crippen LogP) is 1.75. The molecule has 0 fully saturated rings. The van der Waals surface area contributed by atoms with E-state index in [1.54, 1.807) is 13.1 Å². The van der Waals surface area contributed by atoms with Gasteiger partial charge in [-0.05, 0) is 30.5 Å². The van der Waals surface area contributed by atoms with Crippen molar-refractivity contribution in [3.63, 3.8) is 0 Å². The van der Waals surface area contributed by atoms with E-state index in [0.717, 1.165) is 0 Å². The highest BCUT2D eigenvalue weighted by Gasteiger charge is 2.35. The van der Waals surface area contributed by atoms with Gasteiger partial charge in [-0.15, -0.1) is 0 Å². The van der Waals surface area contributed by atoms with E-state index < -0.39 is 16.1 Å². The number of carbonyl (C=O) groups excluding carboxylic acids is 1. The lowest BCUT2D eigenvalue weighted by atomic mass is 10.0. The average molecular weight is 326 g/mol. The molecule has 0 aliphatic carbocycles. The molecule has 6 nitrogen and oxygen atoms in total. The predicted molar refractivity (Wildman–Crippen MR) is 84.6 cm³/mol. The minimum atomic E-state index is -3.57. The summed E-state index contributed by atoms with van der Waals surface area (Å²) < 4.78 is 32.6. The number of nitrogens with one attached hydrogen (secondary N) is 1. The maximum atomic E-state index is 12.3. The number of ether oxygens (including phenoxy) is 1. The fourth-order valence-corrected chi connectivity index (χ4v) is 3.42. The second-order valence-corrected chi connectivity index (χ2v) is 7.47. The fraction of sp³-hybridized carbons (Fsp3) is 0.533. The molecule has 22 heavy (non-hydrogen) atoms. The maximum absolute atomic E-state index is 12.3. The molecule has 7 heteroatoms. The maximum Gasteiger partial charge on any atom is 0.268 e. The van der Waals surface area contributed by atoms with Gasteiger partial charge in [-0.3, -0.25) is 4.79 Å². The van der Waals surface area contributed by atoms with E-state index in [0.29, 0.717) is 24.4 Å². The van der Waals surface area contributed by atoms with Crippen molar-refractivity contribution < 1.29 is 17.9 Å². The molecular weight excluding hydrogens is 304 g/mol. The Hall–Kier alpha value is -1.60. The monoisotopic (exact) mass is 326 g/mol. The van der Waals surface area contributed by atoms with Gasteiger partial charge in [-0.1, -0.05) is 20.8 Å². The molecule has 0 saturated carbocycles. The molecule has 1 atom stereocenters. The van der Waals surface area contributed by atoms with Crippen LogP contribution >= 0.6 is 0 Å². The van der Waals surface area contributed by atoms with Gasteiger partial charge in [0.25, 0.3) is 5.91 Å². The number of sulfonamides is 1. The van der Waals surface area contributed by atoms with Crippen molar-refractivity contribution in [3.05, 3.63) is 18.2 Å². The normalized spacial score (nSPS) is 18.3. The lowest BCUT2D eigenvalue weighted by molar-refractivity contribution is -0.127. The number of fused-ring (bicyclic) bond motifs is 1. The van der Waals surface area contributed by atoms with E-state index in [2.05, 4.69) is 4.72 Å². The number of rotatable bonds is 5. The van der Waals surface area contributed by atoms with Crippen LogP contribution in [0.2, 0.25) is 0 Å². The zero-order valence-corrected chi connectivity index (χ0v) is 14.1. The zero-order chi connectivity index (χ0) is 16.5. The Morgan fingerprint density at radius 1 is 1.36 bits per heavy atom. The summed E-state index contributed by atoms with van der Waals surface area (Å²) in [6, 6.07) is 4.58. The van der Waals surface area contributed by atoms with Crippen LogP contribution < -0.4 is 14.4 Å². The Labute approximate surface area is 131 Å². The van der Waals surface area contributed by atoms with Gasteiger partial charge < -0.3 is 9.64 Å². The third-order valence-corrected chi connectivity index (χ3v) is 5.04. The number of amides is 1. The Morgan fingerprint density at radius 3 is 2.64 bits per heavy atom. The summed E-state index contributed by atoms with van der Waals surface area (Å²) in [5.74, 6) is 0.395. The standard InChI is InChI=1S/C15H22N2O4S/c1-5-8-16-22(19,20)11-6-7-13-12(9-11)17(4)15(18)14(21-13)10(2)3/h6-7,9-10,14,16H,5,8H2,1-4H3. The highest BCUT2D eigenvalue weighted by molar-refractivity contribution is 7.89. The summed E-state index contributed by atoms with van der Waals surface area (Å²) in [4.78, 5) is 13.9. The van der Waals surface area contributed by atoms with Crippen LogP contribution in [0.3, 0.4) is 0 Å². The number of carbonyl (C=O) groups is 1. The summed E-state index contributed by atoms with van der Waals surface area (Å²) in [5.41, 5.74) is 0.473. The largest absolute Gasteiger partial charge is 0.478 e. The van der Waals surface area contributed by atoms with Crippen molar-refractivity contribution in [1.82, 2.24) is 4.72 Å². The van der Waals surface area contributed by atoms with Crippen molar-refractivity contribution >= 4 is 21.6 Å². The van der Waals surface area contributed by atoms with E-state index in [1.165, 1.54) is 17.0 Å². The lowest BCUT2D eigenvalue weighted by Crippen LogP contribution is -2.46. The molecule has 1 N–H and O–H groups in total. The Morgan fingerprint density at radius 2 is 2.05 bits per heavy atom. The molecule has 2 rings (SSSR count). The number of nitrogens with zero attached hydrogens (tertiary/aromatic N) is 1. The topological polar surface area (TPSA) is 75.7 Å². The first-order valence-corrected chi connectivity index (χ1v) is 8.84. The van der Waals surface area contributed by atoms with Gasteiger partial charge in [0.05, 0.1) is 10.6 Å². The van der Waals surface area contributed by atoms with Crippen LogP contribution in [0.1, 0.15) is 27.2 Å². The van der Waals surface area contributed by atoms with Gasteiger partial charge in [0.15, 0.2) is 6.10 Å². The summed E-state index contributed by atoms with van der Waals surface area (Å²) in [5, 5.41) is 0. The van der Waals surface area contributed by atoms with Crippen molar-refractivity contribution in [3.8, 4) is 5.75 Å². The first kappa shape index (κ1) is 16.8. The second-order valence-electron chi connectivity index (χ2n) is 5.71. The third kappa shape index (κ3) is 3.10. The zero-order valence-electron chi connectivity index (χ0n) is 13.3. The quantitative estimate of drug-likeness (QED) is 0.894. The van der Waals surface area contributed by atoms with Crippen LogP contribution in [-0.2, 0) is 14.8 Å². The molecule has 0 bridgehead atoms. The van der Waals surface area contributed by atoms with Gasteiger partial charge >= 0.3 is 0 Å². The van der Waals surface area contributed by atoms with Crippen LogP contribution in [0.25, 0.3) is 0 Å². The Bertz CT molecular complexity index is 670. The van der Waals surface area contributed by atoms with Crippen LogP contribution in [0.4, 0.5) is 5.69 Å². The van der Waals surface area contributed by atoms with Crippen molar-refractivity contribution in [2.45, 2.75) is 38.2 Å². The van der Waals surface area contributed by atoms with Crippen LogP contribution in [0, 0.1) is 5.92 Å². The van der Waals surface area contributed by atoms with Gasteiger partial charge in [0.1, 0.15) is 5.75 Å². The second kappa shape index (κ2) is 6.26. The molecular formula is C15H22N2O4S. The van der Waals surface area contributed by atoms with Crippen molar-refractivity contribution in [2.24, 2.45) is 5.92 Å². The first-order valence-electron chi connectivity index (χ1n) is 7.36. The molecule has 0 spiro atoms. The van der Waals surface area contributed by atoms with Crippen LogP contribution in [0.15, 0.2) is 23.1 Å². The molecule has 1 unspecified atom stereocenters. The third-order valence-electron chi connectivity index (χ3n) is 3.58. The highest BCUT2D eigenvalue weighted by atomic mass is 32.2. The van der Waals surface area contributed by atoms with E-state index in [4.69, 9.17) is 4.74 Å². The molecule has 1 aromatic carbocycles. The fourth-order valence-electron chi connectivity index (χ4n) is 2.26. The number of hydrogen-bond acceptors (Lipinski definition) is 4. The van der Waals surface area contributed by atoms with E-state index in [9.17, 15) is 13.2 Å². The van der Waals surface area contributed by atoms with Crippen molar-refractivity contribution in [1.29, 1.82) is 0 Å². The first-order chi connectivity index (χ1) is 10.3. The average Bonchev–Trinajstić information content (AvgIpc) is 2.48. The van der Waals surface area contributed by atoms with Gasteiger partial charge in [0, 0.05) is 13.6 Å².